The molecule has 2 heterocycles. The van der Waals surface area contributed by atoms with Gasteiger partial charge in [0.15, 0.2) is 5.69 Å². The summed E-state index contributed by atoms with van der Waals surface area (Å²) in [5, 5.41) is 10.4. The zero-order chi connectivity index (χ0) is 20.3. The van der Waals surface area contributed by atoms with Gasteiger partial charge in [-0.3, -0.25) is 14.7 Å². The van der Waals surface area contributed by atoms with Crippen molar-refractivity contribution in [1.29, 1.82) is 0 Å². The lowest BCUT2D eigenvalue weighted by atomic mass is 9.71. The van der Waals surface area contributed by atoms with Crippen LogP contribution in [0.1, 0.15) is 68.2 Å². The van der Waals surface area contributed by atoms with Gasteiger partial charge in [0, 0.05) is 23.7 Å². The number of aryl methyl sites for hydroxylation is 1. The Labute approximate surface area is 167 Å². The molecule has 1 aromatic rings. The molecular weight excluding hydrogens is 354 g/mol. The number of rotatable bonds is 6. The van der Waals surface area contributed by atoms with Crippen LogP contribution in [0, 0.1) is 17.3 Å². The van der Waals surface area contributed by atoms with E-state index in [1.807, 2.05) is 0 Å². The number of likely N-dealkylation sites (tertiary alicyclic amines) is 1. The lowest BCUT2D eigenvalue weighted by Crippen LogP contribution is -2.39. The molecule has 1 aromatic heterocycles. The fourth-order valence-electron chi connectivity index (χ4n) is 4.45. The minimum absolute atomic E-state index is 0.0266. The first-order valence-corrected chi connectivity index (χ1v) is 10.6. The van der Waals surface area contributed by atoms with E-state index in [0.29, 0.717) is 18.2 Å². The van der Waals surface area contributed by atoms with Gasteiger partial charge in [-0.05, 0) is 69.5 Å². The summed E-state index contributed by atoms with van der Waals surface area (Å²) in [4.78, 5) is 26.2. The van der Waals surface area contributed by atoms with Crippen LogP contribution in [0.4, 0.5) is 0 Å². The summed E-state index contributed by atoms with van der Waals surface area (Å²) in [6.07, 6.45) is 5.62. The van der Waals surface area contributed by atoms with Crippen molar-refractivity contribution in [2.45, 2.75) is 59.3 Å². The van der Waals surface area contributed by atoms with E-state index in [0.717, 1.165) is 69.4 Å². The second-order valence-corrected chi connectivity index (χ2v) is 9.46. The van der Waals surface area contributed by atoms with Gasteiger partial charge >= 0.3 is 0 Å². The van der Waals surface area contributed by atoms with Gasteiger partial charge < -0.3 is 16.0 Å². The molecule has 7 nitrogen and oxygen atoms in total. The molecule has 4 N–H and O–H groups in total. The fourth-order valence-corrected chi connectivity index (χ4v) is 4.45. The third-order valence-corrected chi connectivity index (χ3v) is 6.51. The molecule has 2 aliphatic rings. The van der Waals surface area contributed by atoms with Gasteiger partial charge in [-0.2, -0.15) is 5.10 Å². The van der Waals surface area contributed by atoms with Crippen LogP contribution < -0.4 is 11.1 Å². The largest absolute Gasteiger partial charge is 0.369 e. The number of carbonyl (C=O) groups is 2. The number of nitrogens with zero attached hydrogens (tertiary/aromatic N) is 2. The summed E-state index contributed by atoms with van der Waals surface area (Å²) in [7, 11) is 0. The van der Waals surface area contributed by atoms with Crippen molar-refractivity contribution in [3.63, 3.8) is 0 Å². The predicted octanol–water partition coefficient (Wildman–Crippen LogP) is 1.88. The number of fused-ring (bicyclic) bond motifs is 1. The van der Waals surface area contributed by atoms with Gasteiger partial charge in [0.1, 0.15) is 0 Å². The van der Waals surface area contributed by atoms with Crippen LogP contribution in [-0.4, -0.2) is 53.1 Å². The topological polar surface area (TPSA) is 104 Å². The Bertz CT molecular complexity index is 698. The number of hydrogen-bond donors (Lipinski definition) is 3. The van der Waals surface area contributed by atoms with Crippen molar-refractivity contribution in [2.24, 2.45) is 23.0 Å². The van der Waals surface area contributed by atoms with Crippen molar-refractivity contribution in [3.05, 3.63) is 17.0 Å². The number of nitrogens with two attached hydrogens (primary N) is 1. The average molecular weight is 390 g/mol. The van der Waals surface area contributed by atoms with E-state index in [9.17, 15) is 9.59 Å². The molecule has 0 unspecified atom stereocenters. The first kappa shape index (κ1) is 20.8. The maximum Gasteiger partial charge on any atom is 0.272 e. The number of hydrogen-bond acceptors (Lipinski definition) is 4. The molecule has 28 heavy (non-hydrogen) atoms. The van der Waals surface area contributed by atoms with Crippen LogP contribution in [0.15, 0.2) is 0 Å². The maximum atomic E-state index is 12.6. The van der Waals surface area contributed by atoms with Crippen LogP contribution >= 0.6 is 0 Å². The maximum absolute atomic E-state index is 12.6. The van der Waals surface area contributed by atoms with Gasteiger partial charge in [0.05, 0.1) is 0 Å². The molecule has 0 aromatic carbocycles. The Hall–Kier alpha value is -1.89. The number of aromatic amines is 1. The Morgan fingerprint density at radius 3 is 2.61 bits per heavy atom. The second kappa shape index (κ2) is 8.64. The number of H-pyrrole nitrogens is 1. The molecule has 1 aliphatic heterocycles. The molecule has 1 aliphatic carbocycles. The Kier molecular flexibility index (Phi) is 6.43. The molecule has 0 saturated carbocycles. The highest BCUT2D eigenvalue weighted by Crippen LogP contribution is 2.37. The predicted molar refractivity (Wildman–Crippen MR) is 109 cm³/mol. The van der Waals surface area contributed by atoms with Crippen molar-refractivity contribution < 1.29 is 9.59 Å². The van der Waals surface area contributed by atoms with Crippen LogP contribution in [0.3, 0.4) is 0 Å². The number of nitrogens with one attached hydrogen (secondary N) is 2. The lowest BCUT2D eigenvalue weighted by Gasteiger charge is -2.33. The highest BCUT2D eigenvalue weighted by atomic mass is 16.2. The molecule has 3 rings (SSSR count). The monoisotopic (exact) mass is 389 g/mol. The SMILES string of the molecule is CC(C)(C)[C@H]1CCc2[nH]nc(C(=O)NCCCN3CCC(C(N)=O)CC3)c2C1. The highest BCUT2D eigenvalue weighted by Gasteiger charge is 2.32. The molecular formula is C21H35N5O2. The van der Waals surface area contributed by atoms with Crippen LogP contribution in [0.25, 0.3) is 0 Å². The normalized spacial score (nSPS) is 21.3. The quantitative estimate of drug-likeness (QED) is 0.646. The molecule has 1 atom stereocenters. The molecule has 7 heteroatoms. The van der Waals surface area contributed by atoms with Gasteiger partial charge in [-0.25, -0.2) is 0 Å². The van der Waals surface area contributed by atoms with Crippen molar-refractivity contribution in [3.8, 4) is 0 Å². The molecule has 1 fully saturated rings. The molecule has 156 valence electrons. The van der Waals surface area contributed by atoms with Gasteiger partial charge in [0.2, 0.25) is 5.91 Å². The van der Waals surface area contributed by atoms with Gasteiger partial charge in [-0.15, -0.1) is 0 Å². The smallest absolute Gasteiger partial charge is 0.272 e. The number of aromatic nitrogens is 2. The summed E-state index contributed by atoms with van der Waals surface area (Å²) in [5.41, 5.74) is 8.43. The second-order valence-electron chi connectivity index (χ2n) is 9.46. The Balaban J connectivity index is 1.44. The van der Waals surface area contributed by atoms with Crippen molar-refractivity contribution in [1.82, 2.24) is 20.4 Å². The zero-order valence-electron chi connectivity index (χ0n) is 17.5. The van der Waals surface area contributed by atoms with Gasteiger partial charge in [0.25, 0.3) is 5.91 Å². The standard InChI is InChI=1S/C21H35N5O2/c1-21(2,3)15-5-6-17-16(13-15)18(25-24-17)20(28)23-9-4-10-26-11-7-14(8-12-26)19(22)27/h14-15H,4-13H2,1-3H3,(H2,22,27)(H,23,28)(H,24,25)/t15-/m0/s1. The van der Waals surface area contributed by atoms with E-state index >= 15 is 0 Å². The first-order chi connectivity index (χ1) is 13.3. The molecule has 1 saturated heterocycles. The minimum Gasteiger partial charge on any atom is -0.369 e. The fraction of sp³-hybridized carbons (Fsp3) is 0.762. The highest BCUT2D eigenvalue weighted by molar-refractivity contribution is 5.94. The summed E-state index contributed by atoms with van der Waals surface area (Å²) in [6, 6.07) is 0. The van der Waals surface area contributed by atoms with Gasteiger partial charge in [-0.1, -0.05) is 20.8 Å². The summed E-state index contributed by atoms with van der Waals surface area (Å²) in [5.74, 6) is 0.355. The lowest BCUT2D eigenvalue weighted by molar-refractivity contribution is -0.123. The van der Waals surface area contributed by atoms with Crippen LogP contribution in [0.2, 0.25) is 0 Å². The molecule has 2 amide bonds. The van der Waals surface area contributed by atoms with E-state index in [4.69, 9.17) is 5.73 Å². The average Bonchev–Trinajstić information content (AvgIpc) is 3.08. The zero-order valence-corrected chi connectivity index (χ0v) is 17.5. The molecule has 0 bridgehead atoms. The Morgan fingerprint density at radius 2 is 1.96 bits per heavy atom. The summed E-state index contributed by atoms with van der Waals surface area (Å²) < 4.78 is 0. The van der Waals surface area contributed by atoms with Crippen LogP contribution in [-0.2, 0) is 17.6 Å². The van der Waals surface area contributed by atoms with Crippen LogP contribution in [0.5, 0.6) is 0 Å². The third kappa shape index (κ3) is 4.93. The number of piperidine rings is 1. The number of amides is 2. The van der Waals surface area contributed by atoms with E-state index in [2.05, 4.69) is 41.2 Å². The number of carbonyl (C=O) groups excluding carboxylic acids is 2. The van der Waals surface area contributed by atoms with Crippen molar-refractivity contribution in [2.75, 3.05) is 26.2 Å². The van der Waals surface area contributed by atoms with Crippen molar-refractivity contribution >= 4 is 11.8 Å². The Morgan fingerprint density at radius 1 is 1.25 bits per heavy atom. The van der Waals surface area contributed by atoms with E-state index in [1.165, 1.54) is 0 Å². The third-order valence-electron chi connectivity index (χ3n) is 6.51. The first-order valence-electron chi connectivity index (χ1n) is 10.6. The van der Waals surface area contributed by atoms with E-state index in [-0.39, 0.29) is 23.1 Å². The van der Waals surface area contributed by atoms with E-state index in [1.54, 1.807) is 0 Å². The summed E-state index contributed by atoms with van der Waals surface area (Å²) >= 11 is 0. The number of primary amides is 1. The van der Waals surface area contributed by atoms with E-state index < -0.39 is 0 Å². The molecule has 0 radical (unpaired) electrons. The molecule has 0 spiro atoms. The summed E-state index contributed by atoms with van der Waals surface area (Å²) in [6.45, 7) is 10.2. The minimum atomic E-state index is -0.178.